The molecule has 1 aromatic rings. The summed E-state index contributed by atoms with van der Waals surface area (Å²) in [7, 11) is 0. The first-order chi connectivity index (χ1) is 9.24. The minimum atomic E-state index is -4.44. The highest BCUT2D eigenvalue weighted by Gasteiger charge is 2.32. The maximum absolute atomic E-state index is 12.9. The molecular weight excluding hydrogens is 271 g/mol. The largest absolute Gasteiger partial charge is 0.416 e. The zero-order chi connectivity index (χ0) is 15.4. The van der Waals surface area contributed by atoms with Crippen LogP contribution >= 0.6 is 0 Å². The van der Waals surface area contributed by atoms with Crippen LogP contribution in [0.3, 0.4) is 0 Å². The molecule has 3 N–H and O–H groups in total. The Morgan fingerprint density at radius 2 is 1.80 bits per heavy atom. The second-order valence-electron chi connectivity index (χ2n) is 4.85. The Hall–Kier alpha value is -1.50. The molecule has 1 unspecified atom stereocenters. The number of alkyl halides is 3. The summed E-state index contributed by atoms with van der Waals surface area (Å²) in [5.41, 5.74) is -1.48. The second kappa shape index (κ2) is 6.30. The van der Waals surface area contributed by atoms with Crippen LogP contribution in [0.5, 0.6) is 0 Å². The number of pyridine rings is 1. The number of rotatable bonds is 6. The van der Waals surface area contributed by atoms with Crippen LogP contribution in [-0.4, -0.2) is 28.8 Å². The summed E-state index contributed by atoms with van der Waals surface area (Å²) in [6, 6.07) is 1.92. The van der Waals surface area contributed by atoms with Gasteiger partial charge in [0.1, 0.15) is 11.6 Å². The van der Waals surface area contributed by atoms with Crippen LogP contribution in [-0.2, 0) is 6.18 Å². The van der Waals surface area contributed by atoms with Crippen molar-refractivity contribution < 1.29 is 18.3 Å². The highest BCUT2D eigenvalue weighted by Crippen LogP contribution is 2.32. The van der Waals surface area contributed by atoms with E-state index in [0.717, 1.165) is 12.1 Å². The summed E-state index contributed by atoms with van der Waals surface area (Å²) in [5, 5.41) is 15.0. The van der Waals surface area contributed by atoms with Gasteiger partial charge in [0.2, 0.25) is 0 Å². The first-order valence-electron chi connectivity index (χ1n) is 6.46. The summed E-state index contributed by atoms with van der Waals surface area (Å²) in [6.07, 6.45) is -3.89. The lowest BCUT2D eigenvalue weighted by Crippen LogP contribution is -2.38. The summed E-state index contributed by atoms with van der Waals surface area (Å²) < 4.78 is 38.6. The Bertz CT molecular complexity index is 445. The van der Waals surface area contributed by atoms with Crippen LogP contribution in [0, 0.1) is 0 Å². The van der Waals surface area contributed by atoms with Crippen LogP contribution in [0.15, 0.2) is 12.1 Å². The molecule has 0 aromatic carbocycles. The van der Waals surface area contributed by atoms with Gasteiger partial charge in [0.25, 0.3) is 0 Å². The van der Waals surface area contributed by atoms with Gasteiger partial charge >= 0.3 is 6.18 Å². The summed E-state index contributed by atoms with van der Waals surface area (Å²) in [6.45, 7) is 5.61. The lowest BCUT2D eigenvalue weighted by Gasteiger charge is -2.28. The third-order valence-corrected chi connectivity index (χ3v) is 3.07. The molecule has 1 rings (SSSR count). The van der Waals surface area contributed by atoms with Crippen molar-refractivity contribution in [3.05, 3.63) is 17.7 Å². The molecule has 0 radical (unpaired) electrons. The fourth-order valence-electron chi connectivity index (χ4n) is 1.58. The van der Waals surface area contributed by atoms with Crippen molar-refractivity contribution >= 4 is 11.6 Å². The zero-order valence-electron chi connectivity index (χ0n) is 11.8. The summed E-state index contributed by atoms with van der Waals surface area (Å²) >= 11 is 0. The van der Waals surface area contributed by atoms with E-state index in [0.29, 0.717) is 13.0 Å². The molecule has 0 saturated heterocycles. The fraction of sp³-hybridized carbons (Fsp3) is 0.615. The number of aliphatic hydroxyl groups excluding tert-OH is 1. The van der Waals surface area contributed by atoms with E-state index in [-0.39, 0.29) is 18.2 Å². The quantitative estimate of drug-likeness (QED) is 0.754. The molecule has 7 heteroatoms. The minimum Gasteiger partial charge on any atom is -0.394 e. The van der Waals surface area contributed by atoms with Crippen LogP contribution in [0.4, 0.5) is 24.8 Å². The van der Waals surface area contributed by atoms with Crippen molar-refractivity contribution in [3.63, 3.8) is 0 Å². The highest BCUT2D eigenvalue weighted by atomic mass is 19.4. The lowest BCUT2D eigenvalue weighted by atomic mass is 10.0. The monoisotopic (exact) mass is 291 g/mol. The van der Waals surface area contributed by atoms with E-state index in [1.165, 1.54) is 0 Å². The predicted octanol–water partition coefficient (Wildman–Crippen LogP) is 3.11. The van der Waals surface area contributed by atoms with Gasteiger partial charge < -0.3 is 15.7 Å². The molecule has 0 fully saturated rings. The molecule has 0 aliphatic rings. The number of hydrogen-bond acceptors (Lipinski definition) is 4. The minimum absolute atomic E-state index is 0.0918. The number of halogens is 3. The topological polar surface area (TPSA) is 57.2 Å². The van der Waals surface area contributed by atoms with Gasteiger partial charge in [-0.1, -0.05) is 6.92 Å². The van der Waals surface area contributed by atoms with Gasteiger partial charge in [-0.15, -0.1) is 0 Å². The van der Waals surface area contributed by atoms with Crippen LogP contribution in [0.1, 0.15) is 32.8 Å². The summed E-state index contributed by atoms with van der Waals surface area (Å²) in [4.78, 5) is 4.08. The predicted molar refractivity (Wildman–Crippen MR) is 72.8 cm³/mol. The van der Waals surface area contributed by atoms with Gasteiger partial charge in [-0.05, 0) is 32.4 Å². The van der Waals surface area contributed by atoms with Crippen molar-refractivity contribution in [1.82, 2.24) is 4.98 Å². The van der Waals surface area contributed by atoms with Crippen LogP contribution < -0.4 is 10.6 Å². The average Bonchev–Trinajstić information content (AvgIpc) is 2.37. The van der Waals surface area contributed by atoms with E-state index in [1.807, 2.05) is 6.92 Å². The molecule has 20 heavy (non-hydrogen) atoms. The van der Waals surface area contributed by atoms with E-state index in [9.17, 15) is 18.3 Å². The molecule has 0 amide bonds. The number of anilines is 2. The van der Waals surface area contributed by atoms with E-state index in [1.54, 1.807) is 13.8 Å². The molecule has 1 heterocycles. The van der Waals surface area contributed by atoms with E-state index in [4.69, 9.17) is 0 Å². The van der Waals surface area contributed by atoms with E-state index >= 15 is 0 Å². The molecule has 0 bridgehead atoms. The van der Waals surface area contributed by atoms with Crippen LogP contribution in [0.25, 0.3) is 0 Å². The fourth-order valence-corrected chi connectivity index (χ4v) is 1.58. The van der Waals surface area contributed by atoms with Gasteiger partial charge in [0.15, 0.2) is 0 Å². The Morgan fingerprint density at radius 3 is 2.25 bits per heavy atom. The Labute approximate surface area is 116 Å². The Kier molecular flexibility index (Phi) is 5.21. The maximum Gasteiger partial charge on any atom is 0.416 e. The Morgan fingerprint density at radius 1 is 1.20 bits per heavy atom. The van der Waals surface area contributed by atoms with Gasteiger partial charge in [-0.3, -0.25) is 0 Å². The standard InChI is InChI=1S/C13H20F3N3O/c1-4-12(3,8-20)19-11-7-9(13(14,15)16)6-10(18-11)17-5-2/h6-7,20H,4-5,8H2,1-3H3,(H2,17,18,19). The number of aliphatic hydroxyl groups is 1. The normalized spacial score (nSPS) is 14.8. The van der Waals surface area contributed by atoms with Crippen molar-refractivity contribution in [1.29, 1.82) is 0 Å². The molecule has 1 atom stereocenters. The number of nitrogens with one attached hydrogen (secondary N) is 2. The number of aromatic nitrogens is 1. The molecule has 114 valence electrons. The van der Waals surface area contributed by atoms with E-state index in [2.05, 4.69) is 15.6 Å². The van der Waals surface area contributed by atoms with E-state index < -0.39 is 17.3 Å². The zero-order valence-corrected chi connectivity index (χ0v) is 11.8. The SMILES string of the molecule is CCNc1cc(C(F)(F)F)cc(NC(C)(CC)CO)n1. The van der Waals surface area contributed by atoms with Crippen molar-refractivity contribution in [2.75, 3.05) is 23.8 Å². The lowest BCUT2D eigenvalue weighted by molar-refractivity contribution is -0.137. The van der Waals surface area contributed by atoms with Gasteiger partial charge in [0.05, 0.1) is 17.7 Å². The number of nitrogens with zero attached hydrogens (tertiary/aromatic N) is 1. The van der Waals surface area contributed by atoms with Gasteiger partial charge in [0, 0.05) is 6.54 Å². The molecule has 0 aliphatic carbocycles. The molecule has 1 aromatic heterocycles. The molecule has 0 aliphatic heterocycles. The first-order valence-corrected chi connectivity index (χ1v) is 6.46. The van der Waals surface area contributed by atoms with Crippen molar-refractivity contribution in [3.8, 4) is 0 Å². The van der Waals surface area contributed by atoms with Crippen molar-refractivity contribution in [2.24, 2.45) is 0 Å². The average molecular weight is 291 g/mol. The first kappa shape index (κ1) is 16.6. The molecule has 0 saturated carbocycles. The Balaban J connectivity index is 3.15. The summed E-state index contributed by atoms with van der Waals surface area (Å²) in [5.74, 6) is 0.246. The molecular formula is C13H20F3N3O. The third kappa shape index (κ3) is 4.26. The molecule has 0 spiro atoms. The van der Waals surface area contributed by atoms with Gasteiger partial charge in [-0.2, -0.15) is 13.2 Å². The second-order valence-corrected chi connectivity index (χ2v) is 4.85. The number of hydrogen-bond donors (Lipinski definition) is 3. The van der Waals surface area contributed by atoms with Gasteiger partial charge in [-0.25, -0.2) is 4.98 Å². The smallest absolute Gasteiger partial charge is 0.394 e. The van der Waals surface area contributed by atoms with Crippen LogP contribution in [0.2, 0.25) is 0 Å². The maximum atomic E-state index is 12.9. The van der Waals surface area contributed by atoms with Crippen molar-refractivity contribution in [2.45, 2.75) is 38.9 Å². The third-order valence-electron chi connectivity index (χ3n) is 3.07. The highest BCUT2D eigenvalue weighted by molar-refractivity contribution is 5.50. The molecule has 4 nitrogen and oxygen atoms in total.